The number of urea groups is 1. The van der Waals surface area contributed by atoms with Gasteiger partial charge in [0, 0.05) is 12.6 Å². The summed E-state index contributed by atoms with van der Waals surface area (Å²) in [5.41, 5.74) is 9.00. The van der Waals surface area contributed by atoms with Crippen molar-refractivity contribution in [2.45, 2.75) is 20.5 Å². The molecule has 0 bridgehead atoms. The third-order valence-electron chi connectivity index (χ3n) is 3.57. The normalized spacial score (nSPS) is 11.0. The number of anilines is 1. The standard InChI is InChI=1S/C18H22N4O2/c1-12-9-10-15(24-11-14-7-5-4-6-8-14)13(2)16(12)21-18(20-3)22-17(19)23/h4-10H,11H2,1-3H3,(H4,19,20,21,22,23). The van der Waals surface area contributed by atoms with Crippen molar-refractivity contribution in [3.8, 4) is 5.75 Å². The maximum absolute atomic E-state index is 11.0. The lowest BCUT2D eigenvalue weighted by molar-refractivity contribution is 0.253. The first-order valence-electron chi connectivity index (χ1n) is 7.58. The maximum Gasteiger partial charge on any atom is 0.318 e. The monoisotopic (exact) mass is 326 g/mol. The number of hydrogen-bond acceptors (Lipinski definition) is 3. The van der Waals surface area contributed by atoms with Gasteiger partial charge in [0.25, 0.3) is 0 Å². The molecule has 0 saturated carbocycles. The fraction of sp³-hybridized carbons (Fsp3) is 0.222. The SMILES string of the molecule is CN=C(NC(N)=O)Nc1c(C)ccc(OCc2ccccc2)c1C. The van der Waals surface area contributed by atoms with E-state index in [1.807, 2.05) is 56.3 Å². The van der Waals surface area contributed by atoms with E-state index in [0.29, 0.717) is 6.61 Å². The van der Waals surface area contributed by atoms with Gasteiger partial charge in [0.05, 0.1) is 5.69 Å². The van der Waals surface area contributed by atoms with Crippen LogP contribution in [-0.4, -0.2) is 19.0 Å². The van der Waals surface area contributed by atoms with Gasteiger partial charge in [-0.05, 0) is 31.0 Å². The maximum atomic E-state index is 11.0. The van der Waals surface area contributed by atoms with Crippen LogP contribution in [0.1, 0.15) is 16.7 Å². The Morgan fingerprint density at radius 1 is 1.17 bits per heavy atom. The average molecular weight is 326 g/mol. The van der Waals surface area contributed by atoms with Crippen LogP contribution in [0.25, 0.3) is 0 Å². The van der Waals surface area contributed by atoms with Crippen molar-refractivity contribution in [2.24, 2.45) is 10.7 Å². The second-order valence-corrected chi connectivity index (χ2v) is 5.34. The van der Waals surface area contributed by atoms with Crippen molar-refractivity contribution in [1.29, 1.82) is 0 Å². The van der Waals surface area contributed by atoms with Crippen molar-refractivity contribution < 1.29 is 9.53 Å². The Kier molecular flexibility index (Phi) is 5.78. The number of carbonyl (C=O) groups is 1. The van der Waals surface area contributed by atoms with Gasteiger partial charge in [-0.2, -0.15) is 0 Å². The number of benzene rings is 2. The fourth-order valence-electron chi connectivity index (χ4n) is 2.29. The molecule has 0 heterocycles. The molecule has 0 aromatic heterocycles. The number of nitrogens with one attached hydrogen (secondary N) is 2. The van der Waals surface area contributed by atoms with Crippen molar-refractivity contribution in [3.05, 3.63) is 59.2 Å². The minimum Gasteiger partial charge on any atom is -0.489 e. The lowest BCUT2D eigenvalue weighted by Gasteiger charge is -2.17. The Bertz CT molecular complexity index is 742. The number of aryl methyl sites for hydroxylation is 1. The highest BCUT2D eigenvalue weighted by molar-refractivity contribution is 6.04. The summed E-state index contributed by atoms with van der Waals surface area (Å²) in [4.78, 5) is 15.0. The zero-order valence-corrected chi connectivity index (χ0v) is 14.1. The number of ether oxygens (including phenoxy) is 1. The largest absolute Gasteiger partial charge is 0.489 e. The van der Waals surface area contributed by atoms with Crippen LogP contribution in [0.2, 0.25) is 0 Å². The van der Waals surface area contributed by atoms with Gasteiger partial charge in [0.2, 0.25) is 5.96 Å². The van der Waals surface area contributed by atoms with E-state index in [9.17, 15) is 4.79 Å². The summed E-state index contributed by atoms with van der Waals surface area (Å²) in [6, 6.07) is 13.2. The first-order chi connectivity index (χ1) is 11.5. The Hall–Kier alpha value is -3.02. The number of nitrogens with zero attached hydrogens (tertiary/aromatic N) is 1. The number of carbonyl (C=O) groups excluding carboxylic acids is 1. The number of rotatable bonds is 4. The highest BCUT2D eigenvalue weighted by Gasteiger charge is 2.11. The van der Waals surface area contributed by atoms with E-state index in [4.69, 9.17) is 10.5 Å². The lowest BCUT2D eigenvalue weighted by Crippen LogP contribution is -2.39. The second-order valence-electron chi connectivity index (χ2n) is 5.34. The number of aliphatic imine (C=N–C) groups is 1. The molecule has 0 atom stereocenters. The Balaban J connectivity index is 2.18. The molecular formula is C18H22N4O2. The first kappa shape index (κ1) is 17.3. The molecule has 0 spiro atoms. The molecular weight excluding hydrogens is 304 g/mol. The van der Waals surface area contributed by atoms with Crippen LogP contribution >= 0.6 is 0 Å². The Labute approximate surface area is 141 Å². The summed E-state index contributed by atoms with van der Waals surface area (Å²) in [5.74, 6) is 1.05. The van der Waals surface area contributed by atoms with E-state index in [2.05, 4.69) is 15.6 Å². The molecule has 0 aliphatic rings. The van der Waals surface area contributed by atoms with E-state index in [1.54, 1.807) is 7.05 Å². The van der Waals surface area contributed by atoms with Gasteiger partial charge < -0.3 is 15.8 Å². The highest BCUT2D eigenvalue weighted by Crippen LogP contribution is 2.29. The van der Waals surface area contributed by atoms with Gasteiger partial charge in [-0.25, -0.2) is 4.79 Å². The van der Waals surface area contributed by atoms with Crippen LogP contribution in [0.5, 0.6) is 5.75 Å². The molecule has 0 unspecified atom stereocenters. The third-order valence-corrected chi connectivity index (χ3v) is 3.57. The Morgan fingerprint density at radius 2 is 1.88 bits per heavy atom. The van der Waals surface area contributed by atoms with Gasteiger partial charge in [0.1, 0.15) is 12.4 Å². The van der Waals surface area contributed by atoms with E-state index in [-0.39, 0.29) is 5.96 Å². The molecule has 6 heteroatoms. The van der Waals surface area contributed by atoms with Gasteiger partial charge in [0.15, 0.2) is 0 Å². The fourth-order valence-corrected chi connectivity index (χ4v) is 2.29. The number of primary amides is 1. The summed E-state index contributed by atoms with van der Waals surface area (Å²) in [6.45, 7) is 4.40. The molecule has 2 aromatic rings. The van der Waals surface area contributed by atoms with Crippen molar-refractivity contribution in [1.82, 2.24) is 5.32 Å². The summed E-state index contributed by atoms with van der Waals surface area (Å²) in [5, 5.41) is 5.54. The topological polar surface area (TPSA) is 88.7 Å². The summed E-state index contributed by atoms with van der Waals surface area (Å²) in [7, 11) is 1.57. The number of amides is 2. The molecule has 0 radical (unpaired) electrons. The Morgan fingerprint density at radius 3 is 2.50 bits per heavy atom. The van der Waals surface area contributed by atoms with Crippen molar-refractivity contribution in [3.63, 3.8) is 0 Å². The summed E-state index contributed by atoms with van der Waals surface area (Å²) >= 11 is 0. The lowest BCUT2D eigenvalue weighted by atomic mass is 10.1. The summed E-state index contributed by atoms with van der Waals surface area (Å²) < 4.78 is 5.92. The molecule has 4 N–H and O–H groups in total. The molecule has 2 rings (SSSR count). The zero-order valence-electron chi connectivity index (χ0n) is 14.1. The minimum atomic E-state index is -0.671. The molecule has 0 fully saturated rings. The molecule has 126 valence electrons. The number of hydrogen-bond donors (Lipinski definition) is 3. The van der Waals surface area contributed by atoms with Gasteiger partial charge in [-0.15, -0.1) is 0 Å². The van der Waals surface area contributed by atoms with Gasteiger partial charge in [-0.3, -0.25) is 10.3 Å². The second kappa shape index (κ2) is 8.01. The molecule has 0 saturated heterocycles. The zero-order chi connectivity index (χ0) is 17.5. The van der Waals surface area contributed by atoms with Crippen molar-refractivity contribution in [2.75, 3.05) is 12.4 Å². The third kappa shape index (κ3) is 4.49. The molecule has 24 heavy (non-hydrogen) atoms. The van der Waals surface area contributed by atoms with E-state index < -0.39 is 6.03 Å². The minimum absolute atomic E-state index is 0.286. The van der Waals surface area contributed by atoms with Crippen LogP contribution in [0.15, 0.2) is 47.5 Å². The van der Waals surface area contributed by atoms with Crippen LogP contribution in [0.3, 0.4) is 0 Å². The van der Waals surface area contributed by atoms with Crippen LogP contribution < -0.4 is 21.1 Å². The van der Waals surface area contributed by atoms with Crippen molar-refractivity contribution >= 4 is 17.7 Å². The molecule has 6 nitrogen and oxygen atoms in total. The van der Waals surface area contributed by atoms with Crippen LogP contribution in [0, 0.1) is 13.8 Å². The number of guanidine groups is 1. The van der Waals surface area contributed by atoms with Crippen LogP contribution in [0.4, 0.5) is 10.5 Å². The molecule has 0 aliphatic carbocycles. The predicted molar refractivity (Wildman–Crippen MR) is 96.4 cm³/mol. The van der Waals surface area contributed by atoms with E-state index >= 15 is 0 Å². The molecule has 0 aliphatic heterocycles. The van der Waals surface area contributed by atoms with E-state index in [0.717, 1.165) is 28.1 Å². The number of nitrogens with two attached hydrogens (primary N) is 1. The first-order valence-corrected chi connectivity index (χ1v) is 7.58. The molecule has 2 aromatic carbocycles. The van der Waals surface area contributed by atoms with E-state index in [1.165, 1.54) is 0 Å². The predicted octanol–water partition coefficient (Wildman–Crippen LogP) is 2.95. The smallest absolute Gasteiger partial charge is 0.318 e. The highest BCUT2D eigenvalue weighted by atomic mass is 16.5. The average Bonchev–Trinajstić information content (AvgIpc) is 2.57. The van der Waals surface area contributed by atoms with Gasteiger partial charge in [-0.1, -0.05) is 36.4 Å². The summed E-state index contributed by atoms with van der Waals surface area (Å²) in [6.07, 6.45) is 0. The quantitative estimate of drug-likeness (QED) is 0.596. The molecule has 2 amide bonds. The van der Waals surface area contributed by atoms with Crippen LogP contribution in [-0.2, 0) is 6.61 Å². The van der Waals surface area contributed by atoms with Gasteiger partial charge >= 0.3 is 6.03 Å².